The van der Waals surface area contributed by atoms with Crippen molar-refractivity contribution in [1.82, 2.24) is 15.0 Å². The highest BCUT2D eigenvalue weighted by molar-refractivity contribution is 5.45. The van der Waals surface area contributed by atoms with E-state index in [1.165, 1.54) is 32.1 Å². The summed E-state index contributed by atoms with van der Waals surface area (Å²) < 4.78 is 0. The summed E-state index contributed by atoms with van der Waals surface area (Å²) >= 11 is 0. The van der Waals surface area contributed by atoms with Gasteiger partial charge in [0.2, 0.25) is 17.8 Å². The van der Waals surface area contributed by atoms with Gasteiger partial charge in [-0.15, -0.1) is 0 Å². The first-order valence-corrected chi connectivity index (χ1v) is 8.24. The Morgan fingerprint density at radius 1 is 0.952 bits per heavy atom. The van der Waals surface area contributed by atoms with Crippen LogP contribution in [-0.2, 0) is 0 Å². The largest absolute Gasteiger partial charge is 0.357 e. The topological polar surface area (TPSA) is 57.2 Å². The van der Waals surface area contributed by atoms with Crippen LogP contribution in [0.25, 0.3) is 0 Å². The molecule has 0 unspecified atom stereocenters. The van der Waals surface area contributed by atoms with Crippen LogP contribution in [-0.4, -0.2) is 48.2 Å². The van der Waals surface area contributed by atoms with E-state index in [0.717, 1.165) is 44.0 Å². The summed E-state index contributed by atoms with van der Waals surface area (Å²) in [6.45, 7) is 6.53. The van der Waals surface area contributed by atoms with Crippen molar-refractivity contribution >= 4 is 17.8 Å². The number of nitrogens with one attached hydrogen (secondary N) is 1. The molecule has 0 aromatic carbocycles. The molecule has 0 atom stereocenters. The molecule has 1 aromatic rings. The number of aromatic nitrogens is 3. The highest BCUT2D eigenvalue weighted by Gasteiger charge is 2.23. The highest BCUT2D eigenvalue weighted by Crippen LogP contribution is 2.25. The predicted molar refractivity (Wildman–Crippen MR) is 86.0 cm³/mol. The molecule has 2 aliphatic heterocycles. The number of hydrogen-bond donors (Lipinski definition) is 1. The molecule has 0 radical (unpaired) electrons. The van der Waals surface area contributed by atoms with Gasteiger partial charge in [0.15, 0.2) is 0 Å². The van der Waals surface area contributed by atoms with Gasteiger partial charge in [-0.1, -0.05) is 13.3 Å². The van der Waals surface area contributed by atoms with Crippen LogP contribution in [0.3, 0.4) is 0 Å². The normalized spacial score (nSPS) is 20.1. The average Bonchev–Trinajstić information content (AvgIpc) is 3.09. The predicted octanol–water partition coefficient (Wildman–Crippen LogP) is 2.14. The lowest BCUT2D eigenvalue weighted by Crippen LogP contribution is -2.35. The molecule has 0 amide bonds. The second kappa shape index (κ2) is 6.45. The van der Waals surface area contributed by atoms with Crippen LogP contribution >= 0.6 is 0 Å². The van der Waals surface area contributed by atoms with Crippen LogP contribution in [0.2, 0.25) is 0 Å². The smallest absolute Gasteiger partial charge is 0.231 e. The third kappa shape index (κ3) is 3.19. The summed E-state index contributed by atoms with van der Waals surface area (Å²) in [5.74, 6) is 3.22. The van der Waals surface area contributed by atoms with Gasteiger partial charge in [-0.25, -0.2) is 0 Å². The monoisotopic (exact) mass is 290 g/mol. The molecule has 0 bridgehead atoms. The molecule has 2 fully saturated rings. The zero-order valence-corrected chi connectivity index (χ0v) is 13.2. The van der Waals surface area contributed by atoms with E-state index < -0.39 is 0 Å². The standard InChI is InChI=1S/C15H26N6/c1-3-12-6-10-21(11-7-12)15-18-13(16-2)17-14(19-15)20-8-4-5-9-20/h12H,3-11H2,1-2H3,(H,16,17,18,19). The van der Waals surface area contributed by atoms with Gasteiger partial charge in [-0.3, -0.25) is 0 Å². The quantitative estimate of drug-likeness (QED) is 0.917. The molecule has 21 heavy (non-hydrogen) atoms. The van der Waals surface area contributed by atoms with E-state index in [9.17, 15) is 0 Å². The van der Waals surface area contributed by atoms with Gasteiger partial charge in [0.1, 0.15) is 0 Å². The van der Waals surface area contributed by atoms with Gasteiger partial charge in [0.25, 0.3) is 0 Å². The van der Waals surface area contributed by atoms with Crippen molar-refractivity contribution in [2.24, 2.45) is 5.92 Å². The summed E-state index contributed by atoms with van der Waals surface area (Å²) in [5.41, 5.74) is 0. The first-order chi connectivity index (χ1) is 10.3. The fourth-order valence-electron chi connectivity index (χ4n) is 3.21. The summed E-state index contributed by atoms with van der Waals surface area (Å²) in [5, 5.41) is 3.07. The van der Waals surface area contributed by atoms with Crippen molar-refractivity contribution in [3.05, 3.63) is 0 Å². The maximum Gasteiger partial charge on any atom is 0.231 e. The molecule has 0 spiro atoms. The number of rotatable bonds is 4. The van der Waals surface area contributed by atoms with E-state index in [4.69, 9.17) is 4.98 Å². The Labute approximate surface area is 127 Å². The van der Waals surface area contributed by atoms with Crippen LogP contribution in [0.1, 0.15) is 39.0 Å². The summed E-state index contributed by atoms with van der Waals surface area (Å²) in [7, 11) is 1.87. The van der Waals surface area contributed by atoms with Crippen LogP contribution in [0.5, 0.6) is 0 Å². The minimum atomic E-state index is 0.680. The lowest BCUT2D eigenvalue weighted by molar-refractivity contribution is 0.392. The molecule has 0 aliphatic carbocycles. The molecule has 2 saturated heterocycles. The Morgan fingerprint density at radius 2 is 1.52 bits per heavy atom. The van der Waals surface area contributed by atoms with Crippen molar-refractivity contribution < 1.29 is 0 Å². The van der Waals surface area contributed by atoms with Gasteiger partial charge in [0.05, 0.1) is 0 Å². The van der Waals surface area contributed by atoms with Gasteiger partial charge >= 0.3 is 0 Å². The van der Waals surface area contributed by atoms with Crippen LogP contribution in [0, 0.1) is 5.92 Å². The highest BCUT2D eigenvalue weighted by atomic mass is 15.4. The summed E-state index contributed by atoms with van der Waals surface area (Å²) in [4.78, 5) is 18.4. The molecule has 2 aliphatic rings. The zero-order valence-electron chi connectivity index (χ0n) is 13.2. The van der Waals surface area contributed by atoms with E-state index in [1.807, 2.05) is 7.05 Å². The molecule has 0 saturated carbocycles. The lowest BCUT2D eigenvalue weighted by atomic mass is 9.95. The van der Waals surface area contributed by atoms with Crippen molar-refractivity contribution in [2.75, 3.05) is 48.3 Å². The molecule has 3 rings (SSSR count). The third-order valence-corrected chi connectivity index (χ3v) is 4.70. The van der Waals surface area contributed by atoms with Crippen molar-refractivity contribution in [1.29, 1.82) is 0 Å². The van der Waals surface area contributed by atoms with Crippen LogP contribution in [0.4, 0.5) is 17.8 Å². The molecule has 6 heteroatoms. The Kier molecular flexibility index (Phi) is 4.41. The summed E-state index contributed by atoms with van der Waals surface area (Å²) in [6.07, 6.45) is 6.24. The minimum Gasteiger partial charge on any atom is -0.357 e. The van der Waals surface area contributed by atoms with Crippen molar-refractivity contribution in [3.8, 4) is 0 Å². The number of nitrogens with zero attached hydrogens (tertiary/aromatic N) is 5. The van der Waals surface area contributed by atoms with Gasteiger partial charge in [-0.2, -0.15) is 15.0 Å². The number of hydrogen-bond acceptors (Lipinski definition) is 6. The average molecular weight is 290 g/mol. The second-order valence-electron chi connectivity index (χ2n) is 6.04. The maximum absolute atomic E-state index is 4.73. The number of anilines is 3. The van der Waals surface area contributed by atoms with Crippen molar-refractivity contribution in [3.63, 3.8) is 0 Å². The molecule has 1 N–H and O–H groups in total. The Bertz CT molecular complexity index is 463. The van der Waals surface area contributed by atoms with E-state index in [1.54, 1.807) is 0 Å². The van der Waals surface area contributed by atoms with E-state index in [-0.39, 0.29) is 0 Å². The minimum absolute atomic E-state index is 0.680. The second-order valence-corrected chi connectivity index (χ2v) is 6.04. The summed E-state index contributed by atoms with van der Waals surface area (Å²) in [6, 6.07) is 0. The molecular formula is C15H26N6. The number of piperidine rings is 1. The maximum atomic E-state index is 4.73. The first kappa shape index (κ1) is 14.4. The molecule has 116 valence electrons. The van der Waals surface area contributed by atoms with Gasteiger partial charge in [0, 0.05) is 33.2 Å². The van der Waals surface area contributed by atoms with E-state index in [0.29, 0.717) is 5.95 Å². The molecule has 3 heterocycles. The van der Waals surface area contributed by atoms with E-state index >= 15 is 0 Å². The SMILES string of the molecule is CCC1CCN(c2nc(NC)nc(N3CCCC3)n2)CC1. The van der Waals surface area contributed by atoms with Crippen LogP contribution < -0.4 is 15.1 Å². The molecule has 6 nitrogen and oxygen atoms in total. The first-order valence-electron chi connectivity index (χ1n) is 8.24. The fraction of sp³-hybridized carbons (Fsp3) is 0.800. The Morgan fingerprint density at radius 3 is 2.05 bits per heavy atom. The van der Waals surface area contributed by atoms with Gasteiger partial charge in [-0.05, 0) is 31.6 Å². The van der Waals surface area contributed by atoms with E-state index in [2.05, 4.69) is 32.0 Å². The Hall–Kier alpha value is -1.59. The van der Waals surface area contributed by atoms with Crippen LogP contribution in [0.15, 0.2) is 0 Å². The van der Waals surface area contributed by atoms with Gasteiger partial charge < -0.3 is 15.1 Å². The van der Waals surface area contributed by atoms with Crippen molar-refractivity contribution in [2.45, 2.75) is 39.0 Å². The molecular weight excluding hydrogens is 264 g/mol. The third-order valence-electron chi connectivity index (χ3n) is 4.70. The zero-order chi connectivity index (χ0) is 14.7. The lowest BCUT2D eigenvalue weighted by Gasteiger charge is -2.32. The fourth-order valence-corrected chi connectivity index (χ4v) is 3.21. The molecule has 1 aromatic heterocycles. The Balaban J connectivity index is 1.79.